The van der Waals surface area contributed by atoms with Crippen molar-refractivity contribution >= 4 is 17.1 Å². The molecule has 1 fully saturated rings. The Labute approximate surface area is 152 Å². The van der Waals surface area contributed by atoms with Gasteiger partial charge in [-0.25, -0.2) is 4.39 Å². The van der Waals surface area contributed by atoms with Crippen LogP contribution < -0.4 is 15.5 Å². The molecule has 2 atom stereocenters. The summed E-state index contributed by atoms with van der Waals surface area (Å²) in [5, 5.41) is 16.1. The first kappa shape index (κ1) is 15.7. The molecule has 0 bridgehead atoms. The highest BCUT2D eigenvalue weighted by molar-refractivity contribution is 5.74. The number of nitriles is 1. The highest BCUT2D eigenvalue weighted by atomic mass is 19.1. The standard InChI is InChI=1S/C21H21FN4/c22-19-4-1-5-20(17(19)9-23)25-15-7-13-3-2-6-26-12-14-10-24-11-18(14)16(8-15)21(13)26/h1,4-5,7-8,14,18,24-25H,2-3,6,10-12H2/t14-,18-/m1/s1. The molecular formula is C21H21FN4. The third-order valence-corrected chi connectivity index (χ3v) is 6.01. The van der Waals surface area contributed by atoms with Crippen LogP contribution in [0.4, 0.5) is 21.5 Å². The number of nitrogens with zero attached hydrogens (tertiary/aromatic N) is 2. The minimum absolute atomic E-state index is 0.0703. The third-order valence-electron chi connectivity index (χ3n) is 6.01. The average Bonchev–Trinajstić information content (AvgIpc) is 3.11. The lowest BCUT2D eigenvalue weighted by molar-refractivity contribution is 0.470. The van der Waals surface area contributed by atoms with Crippen LogP contribution in [0.3, 0.4) is 0 Å². The zero-order valence-corrected chi connectivity index (χ0v) is 14.6. The average molecular weight is 348 g/mol. The summed E-state index contributed by atoms with van der Waals surface area (Å²) in [6.45, 7) is 4.39. The molecule has 132 valence electrons. The van der Waals surface area contributed by atoms with Gasteiger partial charge in [-0.1, -0.05) is 6.07 Å². The van der Waals surface area contributed by atoms with Gasteiger partial charge in [0.15, 0.2) is 0 Å². The van der Waals surface area contributed by atoms with Crippen molar-refractivity contribution in [2.45, 2.75) is 18.8 Å². The molecule has 3 aliphatic rings. The highest BCUT2D eigenvalue weighted by Gasteiger charge is 2.38. The number of hydrogen-bond donors (Lipinski definition) is 2. The van der Waals surface area contributed by atoms with Crippen molar-refractivity contribution in [3.63, 3.8) is 0 Å². The summed E-state index contributed by atoms with van der Waals surface area (Å²) in [5.74, 6) is 0.721. The Morgan fingerprint density at radius 1 is 1.27 bits per heavy atom. The van der Waals surface area contributed by atoms with Crippen LogP contribution in [0.15, 0.2) is 30.3 Å². The van der Waals surface area contributed by atoms with E-state index in [9.17, 15) is 9.65 Å². The lowest BCUT2D eigenvalue weighted by Gasteiger charge is -2.42. The van der Waals surface area contributed by atoms with Crippen LogP contribution in [0.5, 0.6) is 0 Å². The van der Waals surface area contributed by atoms with Crippen molar-refractivity contribution in [1.29, 1.82) is 5.26 Å². The Bertz CT molecular complexity index is 917. The maximum atomic E-state index is 13.9. The molecule has 0 aliphatic carbocycles. The van der Waals surface area contributed by atoms with Crippen molar-refractivity contribution in [3.8, 4) is 6.07 Å². The Morgan fingerprint density at radius 3 is 3.08 bits per heavy atom. The number of fused-ring (bicyclic) bond motifs is 2. The Hall–Kier alpha value is -2.58. The highest BCUT2D eigenvalue weighted by Crippen LogP contribution is 2.46. The quantitative estimate of drug-likeness (QED) is 0.872. The van der Waals surface area contributed by atoms with E-state index in [-0.39, 0.29) is 5.56 Å². The van der Waals surface area contributed by atoms with Gasteiger partial charge in [0.25, 0.3) is 0 Å². The monoisotopic (exact) mass is 348 g/mol. The smallest absolute Gasteiger partial charge is 0.143 e. The summed E-state index contributed by atoms with van der Waals surface area (Å²) in [6, 6.07) is 11.1. The maximum Gasteiger partial charge on any atom is 0.143 e. The first-order valence-corrected chi connectivity index (χ1v) is 9.32. The van der Waals surface area contributed by atoms with E-state index < -0.39 is 5.82 Å². The van der Waals surface area contributed by atoms with Crippen LogP contribution in [0.2, 0.25) is 0 Å². The van der Waals surface area contributed by atoms with E-state index in [1.807, 2.05) is 6.07 Å². The number of halogens is 1. The zero-order valence-electron chi connectivity index (χ0n) is 14.6. The van der Waals surface area contributed by atoms with Crippen LogP contribution in [0.25, 0.3) is 0 Å². The Kier molecular flexibility index (Phi) is 3.61. The fourth-order valence-electron chi connectivity index (χ4n) is 4.87. The summed E-state index contributed by atoms with van der Waals surface area (Å²) >= 11 is 0. The topological polar surface area (TPSA) is 51.1 Å². The van der Waals surface area contributed by atoms with Gasteiger partial charge < -0.3 is 15.5 Å². The molecule has 3 aliphatic heterocycles. The molecule has 0 aromatic heterocycles. The number of anilines is 3. The van der Waals surface area contributed by atoms with E-state index in [1.165, 1.54) is 29.3 Å². The normalized spacial score (nSPS) is 23.2. The summed E-state index contributed by atoms with van der Waals surface area (Å²) in [5.41, 5.74) is 5.75. The van der Waals surface area contributed by atoms with Crippen LogP contribution in [0.1, 0.15) is 29.0 Å². The number of aryl methyl sites for hydroxylation is 1. The van der Waals surface area contributed by atoms with Crippen molar-refractivity contribution < 1.29 is 4.39 Å². The number of rotatable bonds is 2. The number of hydrogen-bond acceptors (Lipinski definition) is 4. The zero-order chi connectivity index (χ0) is 17.7. The van der Waals surface area contributed by atoms with Gasteiger partial charge in [0.1, 0.15) is 17.4 Å². The fourth-order valence-corrected chi connectivity index (χ4v) is 4.87. The van der Waals surface area contributed by atoms with Gasteiger partial charge >= 0.3 is 0 Å². The predicted molar refractivity (Wildman–Crippen MR) is 100 cm³/mol. The molecule has 0 radical (unpaired) electrons. The van der Waals surface area contributed by atoms with E-state index in [2.05, 4.69) is 27.7 Å². The SMILES string of the molecule is N#Cc1c(F)cccc1Nc1cc2c3c(c1)[C@@H]1CNC[C@@H]1CN3CCC2. The van der Waals surface area contributed by atoms with Gasteiger partial charge in [0.05, 0.1) is 5.69 Å². The number of benzene rings is 2. The summed E-state index contributed by atoms with van der Waals surface area (Å²) in [6.07, 6.45) is 2.25. The van der Waals surface area contributed by atoms with Crippen LogP contribution in [-0.4, -0.2) is 26.2 Å². The van der Waals surface area contributed by atoms with Crippen molar-refractivity contribution in [2.75, 3.05) is 36.4 Å². The molecule has 2 aromatic carbocycles. The molecule has 2 aromatic rings. The molecule has 2 N–H and O–H groups in total. The van der Waals surface area contributed by atoms with Gasteiger partial charge in [0.2, 0.25) is 0 Å². The van der Waals surface area contributed by atoms with Gasteiger partial charge in [-0.2, -0.15) is 5.26 Å². The minimum atomic E-state index is -0.483. The molecule has 5 rings (SSSR count). The van der Waals surface area contributed by atoms with Gasteiger partial charge in [-0.05, 0) is 54.2 Å². The molecule has 5 heteroatoms. The second-order valence-electron chi connectivity index (χ2n) is 7.55. The predicted octanol–water partition coefficient (Wildman–Crippen LogP) is 3.51. The van der Waals surface area contributed by atoms with Crippen LogP contribution >= 0.6 is 0 Å². The second-order valence-corrected chi connectivity index (χ2v) is 7.55. The molecule has 4 nitrogen and oxygen atoms in total. The molecule has 0 unspecified atom stereocenters. The molecule has 0 saturated carbocycles. The van der Waals surface area contributed by atoms with E-state index in [0.29, 0.717) is 17.5 Å². The Morgan fingerprint density at radius 2 is 2.19 bits per heavy atom. The van der Waals surface area contributed by atoms with Crippen molar-refractivity contribution in [2.24, 2.45) is 5.92 Å². The van der Waals surface area contributed by atoms with E-state index in [0.717, 1.165) is 38.3 Å². The molecule has 3 heterocycles. The largest absolute Gasteiger partial charge is 0.371 e. The first-order chi connectivity index (χ1) is 12.7. The summed E-state index contributed by atoms with van der Waals surface area (Å²) in [7, 11) is 0. The molecule has 0 amide bonds. The van der Waals surface area contributed by atoms with E-state index in [1.54, 1.807) is 12.1 Å². The van der Waals surface area contributed by atoms with Crippen molar-refractivity contribution in [3.05, 3.63) is 52.8 Å². The van der Waals surface area contributed by atoms with Crippen LogP contribution in [-0.2, 0) is 6.42 Å². The lowest BCUT2D eigenvalue weighted by atomic mass is 9.80. The van der Waals surface area contributed by atoms with Crippen LogP contribution in [0, 0.1) is 23.1 Å². The third kappa shape index (κ3) is 2.37. The van der Waals surface area contributed by atoms with E-state index in [4.69, 9.17) is 0 Å². The Balaban J connectivity index is 1.59. The summed E-state index contributed by atoms with van der Waals surface area (Å²) in [4.78, 5) is 2.55. The van der Waals surface area contributed by atoms with Gasteiger partial charge in [0, 0.05) is 43.5 Å². The van der Waals surface area contributed by atoms with Crippen molar-refractivity contribution in [1.82, 2.24) is 5.32 Å². The van der Waals surface area contributed by atoms with Gasteiger partial charge in [-0.15, -0.1) is 0 Å². The summed E-state index contributed by atoms with van der Waals surface area (Å²) < 4.78 is 13.9. The molecule has 0 spiro atoms. The molecule has 26 heavy (non-hydrogen) atoms. The maximum absolute atomic E-state index is 13.9. The molecule has 1 saturated heterocycles. The molecular weight excluding hydrogens is 327 g/mol. The fraction of sp³-hybridized carbons (Fsp3) is 0.381. The van der Waals surface area contributed by atoms with Gasteiger partial charge in [-0.3, -0.25) is 0 Å². The minimum Gasteiger partial charge on any atom is -0.371 e. The number of nitrogens with one attached hydrogen (secondary N) is 2. The second kappa shape index (κ2) is 6.00. The van der Waals surface area contributed by atoms with E-state index >= 15 is 0 Å². The lowest BCUT2D eigenvalue weighted by Crippen LogP contribution is -2.41. The first-order valence-electron chi connectivity index (χ1n) is 9.32.